The van der Waals surface area contributed by atoms with Crippen LogP contribution in [0.1, 0.15) is 18.9 Å². The fourth-order valence-corrected chi connectivity index (χ4v) is 0.863. The molecule has 0 aliphatic heterocycles. The van der Waals surface area contributed by atoms with E-state index < -0.39 is 11.6 Å². The molecule has 1 nitrogen and oxygen atoms in total. The minimum atomic E-state index is -0.652. The average molecular weight is 195 g/mol. The van der Waals surface area contributed by atoms with Gasteiger partial charge >= 0.3 is 0 Å². The van der Waals surface area contributed by atoms with Gasteiger partial charge in [-0.1, -0.05) is 18.8 Å². The fourth-order valence-electron chi connectivity index (χ4n) is 0.863. The molecule has 1 aromatic carbocycles. The summed E-state index contributed by atoms with van der Waals surface area (Å²) in [6.07, 6.45) is 0.704. The lowest BCUT2D eigenvalue weighted by Gasteiger charge is -1.97. The molecule has 0 aliphatic carbocycles. The van der Waals surface area contributed by atoms with Gasteiger partial charge in [0, 0.05) is 6.07 Å². The Hall–Kier alpha value is -1.40. The highest BCUT2D eigenvalue weighted by atomic mass is 19.1. The first-order valence-corrected chi connectivity index (χ1v) is 4.35. The van der Waals surface area contributed by atoms with Crippen molar-refractivity contribution in [3.63, 3.8) is 0 Å². The molecule has 2 N–H and O–H groups in total. The molecule has 0 amide bonds. The van der Waals surface area contributed by atoms with Crippen LogP contribution in [-0.2, 0) is 0 Å². The summed E-state index contributed by atoms with van der Waals surface area (Å²) >= 11 is 0. The summed E-state index contributed by atoms with van der Waals surface area (Å²) in [6.45, 7) is 1.89. The number of halogens is 2. The third-order valence-electron chi connectivity index (χ3n) is 1.76. The molecule has 1 atom stereocenters. The third-order valence-corrected chi connectivity index (χ3v) is 1.76. The largest absolute Gasteiger partial charge is 0.318 e. The molecule has 0 spiro atoms. The minimum absolute atomic E-state index is 0.176. The van der Waals surface area contributed by atoms with Crippen molar-refractivity contribution >= 4 is 0 Å². The van der Waals surface area contributed by atoms with Gasteiger partial charge in [0.05, 0.1) is 11.6 Å². The molecule has 0 saturated heterocycles. The van der Waals surface area contributed by atoms with E-state index in [9.17, 15) is 8.78 Å². The number of benzene rings is 1. The van der Waals surface area contributed by atoms with Crippen LogP contribution >= 0.6 is 0 Å². The van der Waals surface area contributed by atoms with E-state index >= 15 is 0 Å². The van der Waals surface area contributed by atoms with Crippen LogP contribution in [0, 0.1) is 23.5 Å². The monoisotopic (exact) mass is 195 g/mol. The van der Waals surface area contributed by atoms with Crippen molar-refractivity contribution in [2.45, 2.75) is 19.4 Å². The smallest absolute Gasteiger partial charge is 0.141 e. The van der Waals surface area contributed by atoms with E-state index in [1.807, 2.05) is 6.92 Å². The van der Waals surface area contributed by atoms with Crippen molar-refractivity contribution in [1.29, 1.82) is 0 Å². The highest BCUT2D eigenvalue weighted by Gasteiger charge is 2.00. The first-order chi connectivity index (χ1) is 6.63. The maximum atomic E-state index is 13.0. The molecule has 0 heterocycles. The van der Waals surface area contributed by atoms with E-state index in [1.54, 1.807) is 0 Å². The summed E-state index contributed by atoms with van der Waals surface area (Å²) in [6, 6.07) is 3.02. The van der Waals surface area contributed by atoms with E-state index in [4.69, 9.17) is 5.73 Å². The Labute approximate surface area is 81.9 Å². The molecule has 0 radical (unpaired) electrons. The SMILES string of the molecule is CCC(N)C#Cc1ccc(F)cc1F. The van der Waals surface area contributed by atoms with Gasteiger partial charge < -0.3 is 5.73 Å². The number of hydrogen-bond donors (Lipinski definition) is 1. The Morgan fingerprint density at radius 3 is 2.71 bits per heavy atom. The molecule has 0 bridgehead atoms. The lowest BCUT2D eigenvalue weighted by molar-refractivity contribution is 0.581. The highest BCUT2D eigenvalue weighted by Crippen LogP contribution is 2.07. The first kappa shape index (κ1) is 10.7. The molecule has 0 aromatic heterocycles. The minimum Gasteiger partial charge on any atom is -0.318 e. The second-order valence-corrected chi connectivity index (χ2v) is 2.91. The molecule has 1 unspecified atom stereocenters. The first-order valence-electron chi connectivity index (χ1n) is 4.35. The van der Waals surface area contributed by atoms with E-state index in [1.165, 1.54) is 12.1 Å². The van der Waals surface area contributed by atoms with Crippen LogP contribution in [0.15, 0.2) is 18.2 Å². The molecular formula is C11H11F2N. The Morgan fingerprint density at radius 1 is 1.43 bits per heavy atom. The number of nitrogens with two attached hydrogens (primary N) is 1. The summed E-state index contributed by atoms with van der Waals surface area (Å²) in [7, 11) is 0. The van der Waals surface area contributed by atoms with Gasteiger partial charge in [0.15, 0.2) is 0 Å². The predicted molar refractivity (Wildman–Crippen MR) is 51.5 cm³/mol. The Morgan fingerprint density at radius 2 is 2.14 bits per heavy atom. The maximum Gasteiger partial charge on any atom is 0.141 e. The van der Waals surface area contributed by atoms with Crippen molar-refractivity contribution < 1.29 is 8.78 Å². The highest BCUT2D eigenvalue weighted by molar-refractivity contribution is 5.36. The van der Waals surface area contributed by atoms with Crippen molar-refractivity contribution in [3.05, 3.63) is 35.4 Å². The second kappa shape index (κ2) is 4.73. The van der Waals surface area contributed by atoms with Crippen LogP contribution < -0.4 is 5.73 Å². The molecule has 0 saturated carbocycles. The molecule has 0 aliphatic rings. The van der Waals surface area contributed by atoms with E-state index in [0.717, 1.165) is 6.07 Å². The van der Waals surface area contributed by atoms with Gasteiger partial charge in [-0.05, 0) is 18.6 Å². The number of hydrogen-bond acceptors (Lipinski definition) is 1. The molecule has 1 aromatic rings. The van der Waals surface area contributed by atoms with Crippen LogP contribution in [0.25, 0.3) is 0 Å². The fraction of sp³-hybridized carbons (Fsp3) is 0.273. The van der Waals surface area contributed by atoms with E-state index in [-0.39, 0.29) is 11.6 Å². The molecule has 14 heavy (non-hydrogen) atoms. The van der Waals surface area contributed by atoms with Gasteiger partial charge in [-0.15, -0.1) is 0 Å². The second-order valence-electron chi connectivity index (χ2n) is 2.91. The summed E-state index contributed by atoms with van der Waals surface area (Å²) in [5.41, 5.74) is 5.71. The van der Waals surface area contributed by atoms with Gasteiger partial charge in [0.25, 0.3) is 0 Å². The average Bonchev–Trinajstić information content (AvgIpc) is 2.16. The van der Waals surface area contributed by atoms with Crippen LogP contribution in [0.3, 0.4) is 0 Å². The van der Waals surface area contributed by atoms with Crippen LogP contribution in [-0.4, -0.2) is 6.04 Å². The Kier molecular flexibility index (Phi) is 3.61. The van der Waals surface area contributed by atoms with E-state index in [2.05, 4.69) is 11.8 Å². The molecule has 74 valence electrons. The molecular weight excluding hydrogens is 184 g/mol. The van der Waals surface area contributed by atoms with Crippen LogP contribution in [0.4, 0.5) is 8.78 Å². The van der Waals surface area contributed by atoms with Crippen molar-refractivity contribution in [3.8, 4) is 11.8 Å². The Bertz CT molecular complexity index is 377. The van der Waals surface area contributed by atoms with Crippen molar-refractivity contribution in [1.82, 2.24) is 0 Å². The van der Waals surface area contributed by atoms with Crippen molar-refractivity contribution in [2.24, 2.45) is 5.73 Å². The van der Waals surface area contributed by atoms with Gasteiger partial charge in [-0.25, -0.2) is 8.78 Å². The molecule has 0 fully saturated rings. The molecule has 3 heteroatoms. The lowest BCUT2D eigenvalue weighted by Crippen LogP contribution is -2.15. The zero-order valence-corrected chi connectivity index (χ0v) is 7.85. The van der Waals surface area contributed by atoms with E-state index in [0.29, 0.717) is 6.42 Å². The van der Waals surface area contributed by atoms with Gasteiger partial charge in [-0.3, -0.25) is 0 Å². The summed E-state index contributed by atoms with van der Waals surface area (Å²) in [5, 5.41) is 0. The molecule has 1 rings (SSSR count). The third kappa shape index (κ3) is 2.82. The summed E-state index contributed by atoms with van der Waals surface area (Å²) < 4.78 is 25.5. The zero-order valence-electron chi connectivity index (χ0n) is 7.85. The normalized spacial score (nSPS) is 11.7. The summed E-state index contributed by atoms with van der Waals surface area (Å²) in [4.78, 5) is 0. The standard InChI is InChI=1S/C11H11F2N/c1-2-10(14)6-4-8-3-5-9(12)7-11(8)13/h3,5,7,10H,2,14H2,1H3. The van der Waals surface area contributed by atoms with Crippen LogP contribution in [0.5, 0.6) is 0 Å². The van der Waals surface area contributed by atoms with Crippen molar-refractivity contribution in [2.75, 3.05) is 0 Å². The van der Waals surface area contributed by atoms with Gasteiger partial charge in [0.2, 0.25) is 0 Å². The van der Waals surface area contributed by atoms with Gasteiger partial charge in [-0.2, -0.15) is 0 Å². The predicted octanol–water partition coefficient (Wildman–Crippen LogP) is 2.05. The van der Waals surface area contributed by atoms with Crippen LogP contribution in [0.2, 0.25) is 0 Å². The van der Waals surface area contributed by atoms with Gasteiger partial charge in [0.1, 0.15) is 11.6 Å². The summed E-state index contributed by atoms with van der Waals surface area (Å²) in [5.74, 6) is 3.99. The Balaban J connectivity index is 2.90. The maximum absolute atomic E-state index is 13.0. The number of rotatable bonds is 1. The zero-order chi connectivity index (χ0) is 10.6. The lowest BCUT2D eigenvalue weighted by atomic mass is 10.2. The topological polar surface area (TPSA) is 26.0 Å². The quantitative estimate of drug-likeness (QED) is 0.682.